The van der Waals surface area contributed by atoms with Crippen molar-refractivity contribution in [2.24, 2.45) is 0 Å². The van der Waals surface area contributed by atoms with E-state index >= 15 is 0 Å². The van der Waals surface area contributed by atoms with Crippen LogP contribution in [-0.2, 0) is 14.8 Å². The number of carbonyl (C=O) groups excluding carboxylic acids is 1. The van der Waals surface area contributed by atoms with Crippen molar-refractivity contribution in [1.29, 1.82) is 0 Å². The molecule has 0 radical (unpaired) electrons. The smallest absolute Gasteiger partial charge is 0.291 e. The van der Waals surface area contributed by atoms with Gasteiger partial charge in [-0.05, 0) is 40.8 Å². The lowest BCUT2D eigenvalue weighted by Gasteiger charge is -2.04. The van der Waals surface area contributed by atoms with Crippen LogP contribution in [0.3, 0.4) is 0 Å². The number of sulfonamides is 1. The molecule has 7 nitrogen and oxygen atoms in total. The van der Waals surface area contributed by atoms with Gasteiger partial charge in [-0.2, -0.15) is 8.42 Å². The lowest BCUT2D eigenvalue weighted by atomic mass is 10.3. The van der Waals surface area contributed by atoms with E-state index in [1.54, 1.807) is 18.2 Å². The predicted octanol–water partition coefficient (Wildman–Crippen LogP) is 1.90. The zero-order chi connectivity index (χ0) is 14.8. The summed E-state index contributed by atoms with van der Waals surface area (Å²) in [5, 5.41) is 9.68. The molecule has 1 aromatic carbocycles. The molecule has 1 aromatic heterocycles. The van der Waals surface area contributed by atoms with Gasteiger partial charge in [0.05, 0.1) is 0 Å². The lowest BCUT2D eigenvalue weighted by Crippen LogP contribution is -2.12. The van der Waals surface area contributed by atoms with Crippen LogP contribution in [0.1, 0.15) is 6.92 Å². The molecule has 2 rings (SSSR count). The average molecular weight is 424 g/mol. The second kappa shape index (κ2) is 6.01. The summed E-state index contributed by atoms with van der Waals surface area (Å²) in [6.07, 6.45) is 0. The summed E-state index contributed by atoms with van der Waals surface area (Å²) < 4.78 is 27.3. The van der Waals surface area contributed by atoms with Gasteiger partial charge in [-0.3, -0.25) is 9.52 Å². The molecule has 0 spiro atoms. The highest BCUT2D eigenvalue weighted by Gasteiger charge is 2.20. The molecule has 1 amide bonds. The van der Waals surface area contributed by atoms with E-state index in [0.29, 0.717) is 5.69 Å². The van der Waals surface area contributed by atoms with Crippen LogP contribution in [0.4, 0.5) is 10.8 Å². The maximum Gasteiger partial charge on any atom is 0.291 e. The van der Waals surface area contributed by atoms with E-state index in [1.165, 1.54) is 6.92 Å². The summed E-state index contributed by atoms with van der Waals surface area (Å²) in [5.41, 5.74) is 0.438. The third-order valence-corrected chi connectivity index (χ3v) is 5.25. The predicted molar refractivity (Wildman–Crippen MR) is 84.2 cm³/mol. The molecule has 0 saturated heterocycles. The zero-order valence-electron chi connectivity index (χ0n) is 10.1. The Labute approximate surface area is 133 Å². The molecule has 0 saturated carbocycles. The number of rotatable bonds is 4. The van der Waals surface area contributed by atoms with Crippen molar-refractivity contribution in [3.63, 3.8) is 0 Å². The average Bonchev–Trinajstić information content (AvgIpc) is 2.76. The Morgan fingerprint density at radius 3 is 2.75 bits per heavy atom. The second-order valence-corrected chi connectivity index (χ2v) is 7.75. The van der Waals surface area contributed by atoms with Gasteiger partial charge >= 0.3 is 0 Å². The maximum absolute atomic E-state index is 12.1. The van der Waals surface area contributed by atoms with E-state index < -0.39 is 10.0 Å². The van der Waals surface area contributed by atoms with Crippen LogP contribution in [-0.4, -0.2) is 24.5 Å². The molecular weight excluding hydrogens is 415 g/mol. The van der Waals surface area contributed by atoms with E-state index in [9.17, 15) is 13.2 Å². The molecule has 0 bridgehead atoms. The zero-order valence-corrected chi connectivity index (χ0v) is 13.9. The Morgan fingerprint density at radius 2 is 2.10 bits per heavy atom. The van der Waals surface area contributed by atoms with Gasteiger partial charge in [0.2, 0.25) is 11.0 Å². The fourth-order valence-corrected chi connectivity index (χ4v) is 3.81. The van der Waals surface area contributed by atoms with Gasteiger partial charge in [0, 0.05) is 16.2 Å². The molecule has 0 atom stereocenters. The van der Waals surface area contributed by atoms with Crippen LogP contribution in [0.5, 0.6) is 0 Å². The van der Waals surface area contributed by atoms with Crippen molar-refractivity contribution in [3.05, 3.63) is 27.8 Å². The number of anilines is 2. The summed E-state index contributed by atoms with van der Waals surface area (Å²) in [5.74, 6) is -0.337. The van der Waals surface area contributed by atoms with Gasteiger partial charge in [-0.1, -0.05) is 17.4 Å². The molecular formula is C10H9IN4O3S2. The fourth-order valence-electron chi connectivity index (χ4n) is 1.27. The SMILES string of the molecule is CC(=O)Nc1nnc(S(=O)(=O)Nc2cccc(I)c2)s1. The maximum atomic E-state index is 12.1. The molecule has 0 unspecified atom stereocenters. The van der Waals surface area contributed by atoms with E-state index in [1.807, 2.05) is 6.07 Å². The molecule has 0 fully saturated rings. The van der Waals surface area contributed by atoms with Gasteiger partial charge in [0.25, 0.3) is 14.4 Å². The minimum atomic E-state index is -3.80. The summed E-state index contributed by atoms with van der Waals surface area (Å²) in [6.45, 7) is 1.31. The number of amides is 1. The van der Waals surface area contributed by atoms with Gasteiger partial charge in [0.15, 0.2) is 0 Å². The Kier molecular flexibility index (Phi) is 4.55. The number of hydrogen-bond acceptors (Lipinski definition) is 6. The molecule has 106 valence electrons. The fraction of sp³-hybridized carbons (Fsp3) is 0.100. The summed E-state index contributed by atoms with van der Waals surface area (Å²) >= 11 is 2.87. The summed E-state index contributed by atoms with van der Waals surface area (Å²) in [6, 6.07) is 6.91. The molecule has 2 N–H and O–H groups in total. The molecule has 0 aliphatic heterocycles. The number of nitrogens with one attached hydrogen (secondary N) is 2. The largest absolute Gasteiger partial charge is 0.301 e. The minimum absolute atomic E-state index is 0.139. The normalized spacial score (nSPS) is 11.1. The van der Waals surface area contributed by atoms with E-state index in [0.717, 1.165) is 14.9 Å². The number of halogens is 1. The minimum Gasteiger partial charge on any atom is -0.301 e. The highest BCUT2D eigenvalue weighted by atomic mass is 127. The Bertz CT molecular complexity index is 744. The lowest BCUT2D eigenvalue weighted by molar-refractivity contribution is -0.114. The topological polar surface area (TPSA) is 101 Å². The van der Waals surface area contributed by atoms with Crippen molar-refractivity contribution >= 4 is 60.7 Å². The molecule has 2 aromatic rings. The van der Waals surface area contributed by atoms with Gasteiger partial charge in [0.1, 0.15) is 0 Å². The van der Waals surface area contributed by atoms with Crippen molar-refractivity contribution in [2.45, 2.75) is 11.3 Å². The molecule has 1 heterocycles. The van der Waals surface area contributed by atoms with Crippen LogP contribution < -0.4 is 10.0 Å². The first-order valence-electron chi connectivity index (χ1n) is 5.26. The van der Waals surface area contributed by atoms with Crippen LogP contribution in [0.15, 0.2) is 28.6 Å². The number of aromatic nitrogens is 2. The Hall–Kier alpha value is -1.27. The van der Waals surface area contributed by atoms with Gasteiger partial charge in [-0.15, -0.1) is 10.2 Å². The standard InChI is InChI=1S/C10H9IN4O3S2/c1-6(16)12-9-13-14-10(19-9)20(17,18)15-8-4-2-3-7(11)5-8/h2-5,15H,1H3,(H,12,13,16). The van der Waals surface area contributed by atoms with E-state index in [2.05, 4.69) is 42.8 Å². The summed E-state index contributed by atoms with van der Waals surface area (Å²) in [7, 11) is -3.80. The van der Waals surface area contributed by atoms with Crippen LogP contribution in [0, 0.1) is 3.57 Å². The van der Waals surface area contributed by atoms with Crippen LogP contribution in [0.2, 0.25) is 0 Å². The second-order valence-electron chi connectivity index (χ2n) is 3.67. The van der Waals surface area contributed by atoms with E-state index in [-0.39, 0.29) is 15.4 Å². The van der Waals surface area contributed by atoms with E-state index in [4.69, 9.17) is 0 Å². The molecule has 20 heavy (non-hydrogen) atoms. The Balaban J connectivity index is 2.22. The number of carbonyl (C=O) groups is 1. The summed E-state index contributed by atoms with van der Waals surface area (Å²) in [4.78, 5) is 10.9. The first-order valence-corrected chi connectivity index (χ1v) is 8.64. The number of nitrogens with zero attached hydrogens (tertiary/aromatic N) is 2. The van der Waals surface area contributed by atoms with Gasteiger partial charge in [-0.25, -0.2) is 0 Å². The monoisotopic (exact) mass is 424 g/mol. The third kappa shape index (κ3) is 3.86. The highest BCUT2D eigenvalue weighted by Crippen LogP contribution is 2.23. The van der Waals surface area contributed by atoms with Gasteiger partial charge < -0.3 is 5.32 Å². The molecule has 0 aliphatic carbocycles. The first kappa shape index (κ1) is 15.1. The first-order chi connectivity index (χ1) is 9.37. The molecule has 0 aliphatic rings. The van der Waals surface area contributed by atoms with Crippen molar-refractivity contribution in [3.8, 4) is 0 Å². The number of hydrogen-bond donors (Lipinski definition) is 2. The quantitative estimate of drug-likeness (QED) is 0.577. The van der Waals surface area contributed by atoms with Crippen LogP contribution >= 0.6 is 33.9 Å². The van der Waals surface area contributed by atoms with Crippen LogP contribution in [0.25, 0.3) is 0 Å². The Morgan fingerprint density at radius 1 is 1.35 bits per heavy atom. The van der Waals surface area contributed by atoms with Crippen molar-refractivity contribution in [1.82, 2.24) is 10.2 Å². The molecule has 10 heteroatoms. The number of benzene rings is 1. The van der Waals surface area contributed by atoms with Crippen molar-refractivity contribution in [2.75, 3.05) is 10.0 Å². The third-order valence-electron chi connectivity index (χ3n) is 2.00. The highest BCUT2D eigenvalue weighted by molar-refractivity contribution is 14.1. The van der Waals surface area contributed by atoms with Crippen molar-refractivity contribution < 1.29 is 13.2 Å².